The van der Waals surface area contributed by atoms with E-state index in [0.717, 1.165) is 32.1 Å². The number of primary amides is 1. The summed E-state index contributed by atoms with van der Waals surface area (Å²) in [5.41, 5.74) is 11.2. The standard InChI is InChI=1S/C35H72N6O2.ClH/c1-3-5-7-9-11-13-15-16-17-18-20-22-24-26-31-41(35(38)43)32(28-27-30-40-34(36)37)33(42)39-29-25-23-21-19-14-12-10-8-6-4-2;/h32H,3-31H2,1-2H3,(H2,38,43)(H,39,42)(H4,36,37,40);1H/t32-;/m0./s1. The number of unbranched alkanes of at least 4 members (excludes halogenated alkanes) is 22. The van der Waals surface area contributed by atoms with Crippen LogP contribution in [-0.2, 0) is 4.79 Å². The minimum absolute atomic E-state index is 0. The lowest BCUT2D eigenvalue weighted by molar-refractivity contribution is -0.125. The van der Waals surface area contributed by atoms with Gasteiger partial charge in [0.05, 0.1) is 0 Å². The number of rotatable bonds is 32. The number of amides is 3. The summed E-state index contributed by atoms with van der Waals surface area (Å²) in [5.74, 6) is -0.209. The van der Waals surface area contributed by atoms with Gasteiger partial charge in [-0.1, -0.05) is 155 Å². The number of nitrogens with two attached hydrogens (primary N) is 2. The summed E-state index contributed by atoms with van der Waals surface area (Å²) in [4.78, 5) is 27.1. The molecule has 0 aliphatic rings. The molecule has 0 aliphatic carbocycles. The highest BCUT2D eigenvalue weighted by Crippen LogP contribution is 2.15. The van der Waals surface area contributed by atoms with Crippen molar-refractivity contribution in [2.24, 2.45) is 11.5 Å². The Bertz CT molecular complexity index is 667. The molecule has 0 rings (SSSR count). The number of halogens is 1. The Labute approximate surface area is 278 Å². The molecule has 44 heavy (non-hydrogen) atoms. The third kappa shape index (κ3) is 29.0. The summed E-state index contributed by atoms with van der Waals surface area (Å²) in [7, 11) is 0. The first-order chi connectivity index (χ1) is 20.9. The van der Waals surface area contributed by atoms with Crippen LogP contribution in [0.5, 0.6) is 0 Å². The third-order valence-corrected chi connectivity index (χ3v) is 8.51. The van der Waals surface area contributed by atoms with E-state index >= 15 is 0 Å². The number of nitrogens with one attached hydrogen (secondary N) is 3. The second-order valence-corrected chi connectivity index (χ2v) is 12.6. The summed E-state index contributed by atoms with van der Waals surface area (Å²) in [5, 5.41) is 13.2. The van der Waals surface area contributed by atoms with Crippen LogP contribution < -0.4 is 22.1 Å². The monoisotopic (exact) mass is 645 g/mol. The summed E-state index contributed by atoms with van der Waals surface area (Å²) >= 11 is 0. The van der Waals surface area contributed by atoms with Gasteiger partial charge in [-0.3, -0.25) is 10.2 Å². The van der Waals surface area contributed by atoms with Gasteiger partial charge in [0.25, 0.3) is 0 Å². The summed E-state index contributed by atoms with van der Waals surface area (Å²) < 4.78 is 0. The highest BCUT2D eigenvalue weighted by molar-refractivity contribution is 5.86. The predicted molar refractivity (Wildman–Crippen MR) is 192 cm³/mol. The van der Waals surface area contributed by atoms with Crippen molar-refractivity contribution in [1.82, 2.24) is 15.5 Å². The van der Waals surface area contributed by atoms with Crippen LogP contribution in [0.2, 0.25) is 0 Å². The van der Waals surface area contributed by atoms with E-state index in [1.807, 2.05) is 0 Å². The summed E-state index contributed by atoms with van der Waals surface area (Å²) in [6.45, 7) is 6.14. The Kier molecular flexibility index (Phi) is 34.5. The van der Waals surface area contributed by atoms with Gasteiger partial charge in [-0.25, -0.2) is 4.79 Å². The lowest BCUT2D eigenvalue weighted by atomic mass is 10.0. The molecule has 0 aromatic carbocycles. The molecule has 3 amide bonds. The van der Waals surface area contributed by atoms with E-state index < -0.39 is 12.1 Å². The second kappa shape index (κ2) is 34.2. The highest BCUT2D eigenvalue weighted by atomic mass is 35.5. The molecule has 0 bridgehead atoms. The first-order valence-electron chi connectivity index (χ1n) is 18.4. The number of nitrogens with zero attached hydrogens (tertiary/aromatic N) is 1. The molecule has 0 aliphatic heterocycles. The molecule has 0 heterocycles. The smallest absolute Gasteiger partial charge is 0.315 e. The van der Waals surface area contributed by atoms with Crippen LogP contribution in [0.1, 0.15) is 181 Å². The fourth-order valence-electron chi connectivity index (χ4n) is 5.79. The van der Waals surface area contributed by atoms with Gasteiger partial charge in [0.1, 0.15) is 6.04 Å². The first kappa shape index (κ1) is 44.4. The van der Waals surface area contributed by atoms with Crippen LogP contribution in [0.25, 0.3) is 0 Å². The van der Waals surface area contributed by atoms with Crippen molar-refractivity contribution < 1.29 is 9.59 Å². The van der Waals surface area contributed by atoms with Crippen molar-refractivity contribution in [3.63, 3.8) is 0 Å². The number of hydrogen-bond acceptors (Lipinski definition) is 3. The lowest BCUT2D eigenvalue weighted by Crippen LogP contribution is -2.52. The molecule has 0 aromatic rings. The molecule has 1 atom stereocenters. The van der Waals surface area contributed by atoms with Crippen molar-refractivity contribution in [2.75, 3.05) is 19.6 Å². The first-order valence-corrected chi connectivity index (χ1v) is 18.4. The average Bonchev–Trinajstić information content (AvgIpc) is 2.98. The molecule has 0 saturated heterocycles. The van der Waals surface area contributed by atoms with Crippen molar-refractivity contribution >= 4 is 30.3 Å². The molecule has 9 heteroatoms. The molecule has 0 unspecified atom stereocenters. The fraction of sp³-hybridized carbons (Fsp3) is 0.914. The molecule has 262 valence electrons. The van der Waals surface area contributed by atoms with Crippen molar-refractivity contribution in [1.29, 1.82) is 5.41 Å². The van der Waals surface area contributed by atoms with Crippen LogP contribution >= 0.6 is 12.4 Å². The highest BCUT2D eigenvalue weighted by Gasteiger charge is 2.27. The lowest BCUT2D eigenvalue weighted by Gasteiger charge is -2.30. The molecule has 0 fully saturated rings. The molecule has 0 spiro atoms. The minimum atomic E-state index is -0.587. The Hall–Kier alpha value is -1.70. The number of carbonyl (C=O) groups excluding carboxylic acids is 2. The van der Waals surface area contributed by atoms with Crippen molar-refractivity contribution in [2.45, 2.75) is 187 Å². The number of carbonyl (C=O) groups is 2. The van der Waals surface area contributed by atoms with E-state index in [1.165, 1.54) is 122 Å². The largest absolute Gasteiger partial charge is 0.370 e. The minimum Gasteiger partial charge on any atom is -0.370 e. The zero-order valence-corrected chi connectivity index (χ0v) is 29.7. The van der Waals surface area contributed by atoms with Crippen molar-refractivity contribution in [3.8, 4) is 0 Å². The Morgan fingerprint density at radius 1 is 0.568 bits per heavy atom. The zero-order chi connectivity index (χ0) is 31.8. The quantitative estimate of drug-likeness (QED) is 0.0283. The Morgan fingerprint density at radius 3 is 1.32 bits per heavy atom. The molecule has 0 radical (unpaired) electrons. The molecular weight excluding hydrogens is 572 g/mol. The maximum atomic E-state index is 13.2. The van der Waals surface area contributed by atoms with Crippen LogP contribution in [0, 0.1) is 5.41 Å². The maximum Gasteiger partial charge on any atom is 0.315 e. The van der Waals surface area contributed by atoms with E-state index in [-0.39, 0.29) is 24.3 Å². The number of urea groups is 1. The van der Waals surface area contributed by atoms with Crippen LogP contribution in [0.4, 0.5) is 4.79 Å². The average molecular weight is 645 g/mol. The van der Waals surface area contributed by atoms with E-state index in [2.05, 4.69) is 24.5 Å². The molecule has 7 N–H and O–H groups in total. The van der Waals surface area contributed by atoms with Crippen LogP contribution in [0.3, 0.4) is 0 Å². The van der Waals surface area contributed by atoms with Gasteiger partial charge in [-0.2, -0.15) is 0 Å². The second-order valence-electron chi connectivity index (χ2n) is 12.6. The van der Waals surface area contributed by atoms with Gasteiger partial charge >= 0.3 is 6.03 Å². The summed E-state index contributed by atoms with van der Waals surface area (Å²) in [6.07, 6.45) is 31.5. The van der Waals surface area contributed by atoms with E-state index in [0.29, 0.717) is 32.5 Å². The van der Waals surface area contributed by atoms with Gasteiger partial charge in [-0.05, 0) is 25.7 Å². The predicted octanol–water partition coefficient (Wildman–Crippen LogP) is 8.94. The zero-order valence-electron chi connectivity index (χ0n) is 28.9. The fourth-order valence-corrected chi connectivity index (χ4v) is 5.79. The molecule has 0 saturated carbocycles. The molecule has 8 nitrogen and oxygen atoms in total. The Morgan fingerprint density at radius 2 is 0.932 bits per heavy atom. The number of guanidine groups is 1. The Balaban J connectivity index is 0. The van der Waals surface area contributed by atoms with Gasteiger partial charge in [-0.15, -0.1) is 12.4 Å². The molecular formula is C35H73ClN6O2. The maximum absolute atomic E-state index is 13.2. The van der Waals surface area contributed by atoms with Crippen LogP contribution in [-0.4, -0.2) is 48.5 Å². The van der Waals surface area contributed by atoms with E-state index in [1.54, 1.807) is 4.90 Å². The normalized spacial score (nSPS) is 11.5. The topological polar surface area (TPSA) is 137 Å². The van der Waals surface area contributed by atoms with E-state index in [4.69, 9.17) is 16.9 Å². The van der Waals surface area contributed by atoms with Crippen LogP contribution in [0.15, 0.2) is 0 Å². The molecule has 0 aromatic heterocycles. The van der Waals surface area contributed by atoms with Gasteiger partial charge in [0.2, 0.25) is 5.91 Å². The van der Waals surface area contributed by atoms with Gasteiger partial charge < -0.3 is 27.0 Å². The number of hydrogen-bond donors (Lipinski definition) is 5. The SMILES string of the molecule is CCCCCCCCCCCCCCCCN(C(N)=O)[C@@H](CCCNC(=N)N)C(=O)NCCCCCCCCCCCC.Cl. The van der Waals surface area contributed by atoms with Gasteiger partial charge in [0, 0.05) is 19.6 Å². The summed E-state index contributed by atoms with van der Waals surface area (Å²) in [6, 6.07) is -1.12. The van der Waals surface area contributed by atoms with E-state index in [9.17, 15) is 9.59 Å². The van der Waals surface area contributed by atoms with Crippen molar-refractivity contribution in [3.05, 3.63) is 0 Å². The third-order valence-electron chi connectivity index (χ3n) is 8.51. The van der Waals surface area contributed by atoms with Gasteiger partial charge in [0.15, 0.2) is 5.96 Å².